The highest BCUT2D eigenvalue weighted by molar-refractivity contribution is 7.99. The fraction of sp³-hybridized carbons (Fsp3) is 0.333. The predicted molar refractivity (Wildman–Crippen MR) is 129 cm³/mol. The van der Waals surface area contributed by atoms with Gasteiger partial charge in [-0.15, -0.1) is 0 Å². The van der Waals surface area contributed by atoms with Gasteiger partial charge in [0, 0.05) is 41.7 Å². The molecule has 7 nitrogen and oxygen atoms in total. The van der Waals surface area contributed by atoms with Crippen molar-refractivity contribution in [3.63, 3.8) is 0 Å². The number of hydrogen-bond donors (Lipinski definition) is 1. The van der Waals surface area contributed by atoms with Crippen molar-refractivity contribution < 1.29 is 19.0 Å². The maximum Gasteiger partial charge on any atom is 0.272 e. The van der Waals surface area contributed by atoms with E-state index < -0.39 is 0 Å². The van der Waals surface area contributed by atoms with Gasteiger partial charge in [-0.1, -0.05) is 0 Å². The predicted octanol–water partition coefficient (Wildman–Crippen LogP) is 4.58. The lowest BCUT2D eigenvalue weighted by atomic mass is 10.1. The molecule has 0 spiro atoms. The quantitative estimate of drug-likeness (QED) is 0.561. The molecule has 0 saturated carbocycles. The van der Waals surface area contributed by atoms with Crippen LogP contribution < -0.4 is 19.5 Å². The lowest BCUT2D eigenvalue weighted by Gasteiger charge is -2.26. The zero-order chi connectivity index (χ0) is 22.5. The molecular formula is C24H27N3O4S. The summed E-state index contributed by atoms with van der Waals surface area (Å²) in [4.78, 5) is 19.7. The molecule has 1 amide bonds. The molecule has 1 aliphatic heterocycles. The number of fused-ring (bicyclic) bond motifs is 1. The summed E-state index contributed by atoms with van der Waals surface area (Å²) in [6, 6.07) is 13.2. The summed E-state index contributed by atoms with van der Waals surface area (Å²) in [6.45, 7) is 4.04. The molecule has 1 aromatic heterocycles. The van der Waals surface area contributed by atoms with E-state index in [2.05, 4.69) is 10.3 Å². The van der Waals surface area contributed by atoms with E-state index in [1.54, 1.807) is 20.3 Å². The highest BCUT2D eigenvalue weighted by atomic mass is 32.2. The van der Waals surface area contributed by atoms with Crippen LogP contribution in [0, 0.1) is 0 Å². The van der Waals surface area contributed by atoms with Gasteiger partial charge in [0.2, 0.25) is 0 Å². The van der Waals surface area contributed by atoms with Gasteiger partial charge in [-0.25, -0.2) is 4.98 Å². The molecule has 0 unspecified atom stereocenters. The third-order valence-corrected chi connectivity index (χ3v) is 6.22. The summed E-state index contributed by atoms with van der Waals surface area (Å²) in [6.07, 6.45) is 0. The van der Waals surface area contributed by atoms with Crippen LogP contribution in [0.4, 0.5) is 11.4 Å². The molecule has 1 fully saturated rings. The molecular weight excluding hydrogens is 426 g/mol. The SMILES string of the molecule is CCOc1ccc(Nc2cc(C(=O)N3CCSCC3)nc3cc(OC)c(OC)cc23)cc1. The number of hydrogen-bond acceptors (Lipinski definition) is 7. The maximum absolute atomic E-state index is 13.2. The number of nitrogens with zero attached hydrogens (tertiary/aromatic N) is 2. The second-order valence-corrected chi connectivity index (χ2v) is 8.49. The largest absolute Gasteiger partial charge is 0.494 e. The third kappa shape index (κ3) is 4.70. The molecule has 3 aromatic rings. The summed E-state index contributed by atoms with van der Waals surface area (Å²) < 4.78 is 16.5. The molecule has 1 saturated heterocycles. The Balaban J connectivity index is 1.77. The normalized spacial score (nSPS) is 13.7. The van der Waals surface area contributed by atoms with E-state index in [0.717, 1.165) is 47.1 Å². The zero-order valence-corrected chi connectivity index (χ0v) is 19.3. The van der Waals surface area contributed by atoms with Crippen molar-refractivity contribution in [3.05, 3.63) is 48.2 Å². The minimum absolute atomic E-state index is 0.0586. The molecule has 0 aliphatic carbocycles. The maximum atomic E-state index is 13.2. The topological polar surface area (TPSA) is 72.9 Å². The molecule has 2 heterocycles. The molecule has 0 radical (unpaired) electrons. The van der Waals surface area contributed by atoms with Crippen molar-refractivity contribution in [2.24, 2.45) is 0 Å². The molecule has 168 valence electrons. The Morgan fingerprint density at radius 3 is 2.41 bits per heavy atom. The minimum Gasteiger partial charge on any atom is -0.494 e. The number of pyridine rings is 1. The van der Waals surface area contributed by atoms with Gasteiger partial charge in [0.15, 0.2) is 11.5 Å². The Hall–Kier alpha value is -3.13. The molecule has 0 atom stereocenters. The van der Waals surface area contributed by atoms with E-state index >= 15 is 0 Å². The molecule has 8 heteroatoms. The van der Waals surface area contributed by atoms with E-state index in [9.17, 15) is 4.79 Å². The van der Waals surface area contributed by atoms with Crippen LogP contribution in [0.2, 0.25) is 0 Å². The van der Waals surface area contributed by atoms with E-state index in [-0.39, 0.29) is 5.91 Å². The summed E-state index contributed by atoms with van der Waals surface area (Å²) in [5, 5.41) is 4.27. The van der Waals surface area contributed by atoms with Crippen molar-refractivity contribution in [1.29, 1.82) is 0 Å². The number of nitrogens with one attached hydrogen (secondary N) is 1. The van der Waals surface area contributed by atoms with Crippen LogP contribution >= 0.6 is 11.8 Å². The van der Waals surface area contributed by atoms with Crippen molar-refractivity contribution in [3.8, 4) is 17.2 Å². The number of carbonyl (C=O) groups excluding carboxylic acids is 1. The summed E-state index contributed by atoms with van der Waals surface area (Å²) in [5.74, 6) is 3.81. The van der Waals surface area contributed by atoms with Crippen LogP contribution in [0.1, 0.15) is 17.4 Å². The van der Waals surface area contributed by atoms with Crippen molar-refractivity contribution in [1.82, 2.24) is 9.88 Å². The second kappa shape index (κ2) is 9.99. The Bertz CT molecular complexity index is 1100. The van der Waals surface area contributed by atoms with Crippen LogP contribution in [-0.4, -0.2) is 61.2 Å². The first kappa shape index (κ1) is 22.1. The molecule has 32 heavy (non-hydrogen) atoms. The first-order chi connectivity index (χ1) is 15.6. The van der Waals surface area contributed by atoms with Crippen LogP contribution in [-0.2, 0) is 0 Å². The first-order valence-corrected chi connectivity index (χ1v) is 11.7. The van der Waals surface area contributed by atoms with Crippen LogP contribution in [0.3, 0.4) is 0 Å². The van der Waals surface area contributed by atoms with Gasteiger partial charge >= 0.3 is 0 Å². The van der Waals surface area contributed by atoms with Crippen molar-refractivity contribution in [2.45, 2.75) is 6.92 Å². The van der Waals surface area contributed by atoms with Crippen LogP contribution in [0.15, 0.2) is 42.5 Å². The van der Waals surface area contributed by atoms with Crippen molar-refractivity contribution >= 4 is 39.9 Å². The van der Waals surface area contributed by atoms with Crippen molar-refractivity contribution in [2.75, 3.05) is 50.7 Å². The molecule has 4 rings (SSSR count). The van der Waals surface area contributed by atoms with E-state index in [4.69, 9.17) is 14.2 Å². The van der Waals surface area contributed by atoms with Gasteiger partial charge in [0.1, 0.15) is 11.4 Å². The van der Waals surface area contributed by atoms with Gasteiger partial charge < -0.3 is 24.4 Å². The van der Waals surface area contributed by atoms with E-state index in [1.165, 1.54) is 0 Å². The molecule has 1 N–H and O–H groups in total. The number of aromatic nitrogens is 1. The number of amides is 1. The number of methoxy groups -OCH3 is 2. The Kier molecular flexibility index (Phi) is 6.90. The zero-order valence-electron chi connectivity index (χ0n) is 18.5. The van der Waals surface area contributed by atoms with Gasteiger partial charge in [-0.3, -0.25) is 4.79 Å². The number of carbonyl (C=O) groups is 1. The third-order valence-electron chi connectivity index (χ3n) is 5.28. The number of benzene rings is 2. The number of anilines is 2. The smallest absolute Gasteiger partial charge is 0.272 e. The lowest BCUT2D eigenvalue weighted by Crippen LogP contribution is -2.38. The fourth-order valence-corrected chi connectivity index (χ4v) is 4.55. The number of rotatable bonds is 7. The Labute approximate surface area is 192 Å². The lowest BCUT2D eigenvalue weighted by molar-refractivity contribution is 0.0767. The highest BCUT2D eigenvalue weighted by Gasteiger charge is 2.22. The standard InChI is InChI=1S/C24H27N3O4S/c1-4-31-17-7-5-16(6-8-17)25-19-14-21(24(28)27-9-11-32-12-10-27)26-20-15-23(30-3)22(29-2)13-18(19)20/h5-8,13-15H,4,9-12H2,1-3H3,(H,25,26). The Morgan fingerprint density at radius 1 is 1.06 bits per heavy atom. The van der Waals surface area contributed by atoms with E-state index in [0.29, 0.717) is 29.3 Å². The fourth-order valence-electron chi connectivity index (χ4n) is 3.65. The monoisotopic (exact) mass is 453 g/mol. The van der Waals surface area contributed by atoms with Crippen LogP contribution in [0.25, 0.3) is 10.9 Å². The van der Waals surface area contributed by atoms with Gasteiger partial charge in [0.25, 0.3) is 5.91 Å². The second-order valence-electron chi connectivity index (χ2n) is 7.27. The van der Waals surface area contributed by atoms with Gasteiger partial charge in [-0.05, 0) is 43.3 Å². The Morgan fingerprint density at radius 2 is 1.75 bits per heavy atom. The number of thioether (sulfide) groups is 1. The average molecular weight is 454 g/mol. The van der Waals surface area contributed by atoms with Gasteiger partial charge in [-0.2, -0.15) is 11.8 Å². The highest BCUT2D eigenvalue weighted by Crippen LogP contribution is 2.36. The summed E-state index contributed by atoms with van der Waals surface area (Å²) >= 11 is 1.86. The summed E-state index contributed by atoms with van der Waals surface area (Å²) in [7, 11) is 3.19. The van der Waals surface area contributed by atoms with Crippen LogP contribution in [0.5, 0.6) is 17.2 Å². The van der Waals surface area contributed by atoms with Gasteiger partial charge in [0.05, 0.1) is 32.0 Å². The first-order valence-electron chi connectivity index (χ1n) is 10.6. The van der Waals surface area contributed by atoms with E-state index in [1.807, 2.05) is 60.0 Å². The minimum atomic E-state index is -0.0586. The molecule has 1 aliphatic rings. The summed E-state index contributed by atoms with van der Waals surface area (Å²) in [5.41, 5.74) is 2.72. The average Bonchev–Trinajstić information content (AvgIpc) is 2.84. The molecule has 0 bridgehead atoms. The number of ether oxygens (including phenoxy) is 3. The molecule has 2 aromatic carbocycles.